The highest BCUT2D eigenvalue weighted by Crippen LogP contribution is 2.20. The number of carbonyl (C=O) groups excluding carboxylic acids is 1. The summed E-state index contributed by atoms with van der Waals surface area (Å²) >= 11 is 1.53. The van der Waals surface area contributed by atoms with E-state index < -0.39 is 5.91 Å². The summed E-state index contributed by atoms with van der Waals surface area (Å²) in [5.41, 5.74) is 12.2. The summed E-state index contributed by atoms with van der Waals surface area (Å²) in [6.45, 7) is 0.514. The summed E-state index contributed by atoms with van der Waals surface area (Å²) in [4.78, 5) is 16.5. The van der Waals surface area contributed by atoms with Gasteiger partial charge >= 0.3 is 0 Å². The molecule has 8 heteroatoms. The van der Waals surface area contributed by atoms with Gasteiger partial charge in [-0.3, -0.25) is 9.20 Å². The SMILES string of the molecule is NCCc1c(-n2cc(C(N)=O)cn2)nc2sccn12. The first-order valence-corrected chi connectivity index (χ1v) is 6.58. The van der Waals surface area contributed by atoms with Crippen molar-refractivity contribution in [3.8, 4) is 5.82 Å². The lowest BCUT2D eigenvalue weighted by molar-refractivity contribution is 0.100. The van der Waals surface area contributed by atoms with Crippen LogP contribution in [0.4, 0.5) is 0 Å². The second-order valence-corrected chi connectivity index (χ2v) is 4.89. The number of amides is 1. The molecule has 19 heavy (non-hydrogen) atoms. The third kappa shape index (κ3) is 1.90. The van der Waals surface area contributed by atoms with E-state index >= 15 is 0 Å². The molecule has 3 heterocycles. The molecule has 7 nitrogen and oxygen atoms in total. The van der Waals surface area contributed by atoms with Crippen LogP contribution in [0.1, 0.15) is 16.1 Å². The van der Waals surface area contributed by atoms with E-state index in [4.69, 9.17) is 11.5 Å². The first kappa shape index (κ1) is 11.9. The molecule has 0 unspecified atom stereocenters. The van der Waals surface area contributed by atoms with Gasteiger partial charge in [0.2, 0.25) is 0 Å². The fourth-order valence-electron chi connectivity index (χ4n) is 1.94. The Kier molecular flexibility index (Phi) is 2.80. The van der Waals surface area contributed by atoms with Crippen LogP contribution in [-0.2, 0) is 6.42 Å². The number of carbonyl (C=O) groups is 1. The van der Waals surface area contributed by atoms with Crippen molar-refractivity contribution in [3.63, 3.8) is 0 Å². The van der Waals surface area contributed by atoms with Crippen LogP contribution in [0.3, 0.4) is 0 Å². The van der Waals surface area contributed by atoms with Gasteiger partial charge in [-0.2, -0.15) is 10.1 Å². The van der Waals surface area contributed by atoms with Crippen molar-refractivity contribution >= 4 is 22.2 Å². The lowest BCUT2D eigenvalue weighted by Gasteiger charge is -2.01. The molecule has 1 amide bonds. The highest BCUT2D eigenvalue weighted by Gasteiger charge is 2.16. The number of rotatable bonds is 4. The van der Waals surface area contributed by atoms with E-state index in [1.54, 1.807) is 10.9 Å². The first-order chi connectivity index (χ1) is 9.20. The number of nitrogens with zero attached hydrogens (tertiary/aromatic N) is 4. The smallest absolute Gasteiger partial charge is 0.251 e. The second kappa shape index (κ2) is 4.48. The number of hydrogen-bond donors (Lipinski definition) is 2. The highest BCUT2D eigenvalue weighted by molar-refractivity contribution is 7.15. The van der Waals surface area contributed by atoms with E-state index in [2.05, 4.69) is 10.1 Å². The minimum Gasteiger partial charge on any atom is -0.366 e. The molecule has 98 valence electrons. The molecule has 0 saturated heterocycles. The van der Waals surface area contributed by atoms with Crippen molar-refractivity contribution in [2.24, 2.45) is 11.5 Å². The third-order valence-electron chi connectivity index (χ3n) is 2.81. The first-order valence-electron chi connectivity index (χ1n) is 5.70. The van der Waals surface area contributed by atoms with E-state index in [9.17, 15) is 4.79 Å². The van der Waals surface area contributed by atoms with E-state index in [0.29, 0.717) is 24.3 Å². The molecule has 0 bridgehead atoms. The second-order valence-electron chi connectivity index (χ2n) is 4.01. The van der Waals surface area contributed by atoms with Gasteiger partial charge in [-0.15, -0.1) is 11.3 Å². The Labute approximate surface area is 112 Å². The molecule has 0 atom stereocenters. The topological polar surface area (TPSA) is 104 Å². The molecule has 0 saturated carbocycles. The van der Waals surface area contributed by atoms with Crippen LogP contribution in [0.25, 0.3) is 10.8 Å². The van der Waals surface area contributed by atoms with Gasteiger partial charge in [-0.05, 0) is 6.54 Å². The van der Waals surface area contributed by atoms with Gasteiger partial charge in [0.1, 0.15) is 0 Å². The summed E-state index contributed by atoms with van der Waals surface area (Å²) in [7, 11) is 0. The molecule has 3 aromatic rings. The van der Waals surface area contributed by atoms with Crippen molar-refractivity contribution in [3.05, 3.63) is 35.2 Å². The average Bonchev–Trinajstić information content (AvgIpc) is 3.04. The molecule has 4 N–H and O–H groups in total. The minimum absolute atomic E-state index is 0.357. The Morgan fingerprint density at radius 2 is 2.32 bits per heavy atom. The third-order valence-corrected chi connectivity index (χ3v) is 3.56. The molecular formula is C11H12N6OS. The summed E-state index contributed by atoms with van der Waals surface area (Å²) in [6, 6.07) is 0. The molecule has 0 aliphatic rings. The normalized spacial score (nSPS) is 11.2. The molecule has 0 spiro atoms. The maximum atomic E-state index is 11.1. The zero-order chi connectivity index (χ0) is 13.4. The zero-order valence-electron chi connectivity index (χ0n) is 9.98. The van der Waals surface area contributed by atoms with E-state index in [-0.39, 0.29) is 0 Å². The van der Waals surface area contributed by atoms with Gasteiger partial charge < -0.3 is 11.5 Å². The van der Waals surface area contributed by atoms with Crippen LogP contribution < -0.4 is 11.5 Å². The standard InChI is InChI=1S/C11H12N6OS/c12-2-1-8-10(15-11-16(8)3-4-19-11)17-6-7(5-14-17)9(13)18/h3-6H,1-2,12H2,(H2,13,18). The Balaban J connectivity index is 2.14. The van der Waals surface area contributed by atoms with Gasteiger partial charge in [0.05, 0.1) is 17.5 Å². The van der Waals surface area contributed by atoms with Crippen LogP contribution in [0.5, 0.6) is 0 Å². The molecule has 0 aliphatic heterocycles. The van der Waals surface area contributed by atoms with Crippen molar-refractivity contribution in [2.75, 3.05) is 6.54 Å². The van der Waals surface area contributed by atoms with E-state index in [1.165, 1.54) is 17.5 Å². The molecule has 0 aromatic carbocycles. The van der Waals surface area contributed by atoms with Gasteiger partial charge in [0, 0.05) is 24.2 Å². The van der Waals surface area contributed by atoms with Crippen molar-refractivity contribution < 1.29 is 4.79 Å². The zero-order valence-corrected chi connectivity index (χ0v) is 10.8. The average molecular weight is 276 g/mol. The van der Waals surface area contributed by atoms with Crippen molar-refractivity contribution in [1.29, 1.82) is 0 Å². The van der Waals surface area contributed by atoms with Crippen LogP contribution in [0.15, 0.2) is 24.0 Å². The number of imidazole rings is 1. The Morgan fingerprint density at radius 1 is 1.47 bits per heavy atom. The predicted molar refractivity (Wildman–Crippen MR) is 71.5 cm³/mol. The summed E-state index contributed by atoms with van der Waals surface area (Å²) in [5, 5.41) is 6.09. The molecule has 0 aliphatic carbocycles. The number of fused-ring (bicyclic) bond motifs is 1. The number of hydrogen-bond acceptors (Lipinski definition) is 5. The fraction of sp³-hybridized carbons (Fsp3) is 0.182. The van der Waals surface area contributed by atoms with Gasteiger partial charge in [-0.1, -0.05) is 0 Å². The molecule has 3 aromatic heterocycles. The lowest BCUT2D eigenvalue weighted by atomic mass is 10.3. The summed E-state index contributed by atoms with van der Waals surface area (Å²) in [5.74, 6) is 0.178. The van der Waals surface area contributed by atoms with E-state index in [1.807, 2.05) is 16.0 Å². The van der Waals surface area contributed by atoms with Gasteiger partial charge in [-0.25, -0.2) is 4.68 Å². The van der Waals surface area contributed by atoms with Crippen LogP contribution >= 0.6 is 11.3 Å². The number of nitrogens with two attached hydrogens (primary N) is 2. The Morgan fingerprint density at radius 3 is 3.00 bits per heavy atom. The summed E-state index contributed by atoms with van der Waals surface area (Å²) < 4.78 is 3.54. The van der Waals surface area contributed by atoms with Crippen molar-refractivity contribution in [2.45, 2.75) is 6.42 Å². The number of aromatic nitrogens is 4. The maximum absolute atomic E-state index is 11.1. The predicted octanol–water partition coefficient (Wildman–Crippen LogP) is 0.182. The van der Waals surface area contributed by atoms with E-state index in [0.717, 1.165) is 10.7 Å². The molecule has 3 rings (SSSR count). The largest absolute Gasteiger partial charge is 0.366 e. The molecule has 0 fully saturated rings. The fourth-order valence-corrected chi connectivity index (χ4v) is 2.67. The quantitative estimate of drug-likeness (QED) is 0.709. The van der Waals surface area contributed by atoms with Gasteiger partial charge in [0.15, 0.2) is 10.8 Å². The van der Waals surface area contributed by atoms with Crippen LogP contribution in [-0.4, -0.2) is 31.6 Å². The summed E-state index contributed by atoms with van der Waals surface area (Å²) in [6.07, 6.45) is 5.63. The minimum atomic E-state index is -0.507. The molecular weight excluding hydrogens is 264 g/mol. The Hall–Kier alpha value is -2.19. The Bertz CT molecular complexity index is 739. The highest BCUT2D eigenvalue weighted by atomic mass is 32.1. The molecule has 0 radical (unpaired) electrons. The lowest BCUT2D eigenvalue weighted by Crippen LogP contribution is -2.10. The number of primary amides is 1. The van der Waals surface area contributed by atoms with Crippen LogP contribution in [0, 0.1) is 0 Å². The number of thiazole rings is 1. The monoisotopic (exact) mass is 276 g/mol. The van der Waals surface area contributed by atoms with Crippen LogP contribution in [0.2, 0.25) is 0 Å². The van der Waals surface area contributed by atoms with Gasteiger partial charge in [0.25, 0.3) is 5.91 Å². The maximum Gasteiger partial charge on any atom is 0.251 e. The van der Waals surface area contributed by atoms with Crippen molar-refractivity contribution in [1.82, 2.24) is 19.2 Å².